The Kier molecular flexibility index (Phi) is 14.6. The molecule has 0 saturated carbocycles. The molecule has 4 aromatic rings. The summed E-state index contributed by atoms with van der Waals surface area (Å²) in [7, 11) is -3.58. The van der Waals surface area contributed by atoms with Crippen LogP contribution in [-0.2, 0) is 65.0 Å². The van der Waals surface area contributed by atoms with Crippen molar-refractivity contribution < 1.29 is 70.9 Å². The summed E-state index contributed by atoms with van der Waals surface area (Å²) in [5.41, 5.74) is 3.57. The van der Waals surface area contributed by atoms with Crippen molar-refractivity contribution in [2.24, 2.45) is 0 Å². The fourth-order valence-corrected chi connectivity index (χ4v) is 6.35. The maximum atomic E-state index is 12.4. The Morgan fingerprint density at radius 2 is 1.04 bits per heavy atom. The predicted molar refractivity (Wildman–Crippen MR) is 170 cm³/mol. The van der Waals surface area contributed by atoms with Crippen LogP contribution < -0.4 is 29.6 Å². The zero-order chi connectivity index (χ0) is 32.2. The minimum absolute atomic E-state index is 0. The second-order valence-electron chi connectivity index (χ2n) is 11.1. The summed E-state index contributed by atoms with van der Waals surface area (Å²) in [6, 6.07) is 38.2. The summed E-state index contributed by atoms with van der Waals surface area (Å²) in [4.78, 5) is 0. The van der Waals surface area contributed by atoms with E-state index in [4.69, 9.17) is 28.4 Å². The molecule has 5 rings (SSSR count). The van der Waals surface area contributed by atoms with Crippen LogP contribution in [0.4, 0.5) is 0 Å². The van der Waals surface area contributed by atoms with Crippen LogP contribution in [0.1, 0.15) is 22.3 Å². The van der Waals surface area contributed by atoms with Crippen LogP contribution in [0.5, 0.6) is 0 Å². The molecule has 1 aliphatic heterocycles. The molecule has 1 aliphatic rings. The molecular weight excluding hydrogens is 631 g/mol. The fourth-order valence-electron chi connectivity index (χ4n) is 5.51. The third-order valence-electron chi connectivity index (χ3n) is 7.73. The van der Waals surface area contributed by atoms with Gasteiger partial charge in [-0.05, 0) is 22.3 Å². The Balaban J connectivity index is 0.00000500. The summed E-state index contributed by atoms with van der Waals surface area (Å²) in [6.45, 7) is 0.707. The largest absolute Gasteiger partial charge is 1.00 e. The Labute approximate surface area is 299 Å². The van der Waals surface area contributed by atoms with Crippen LogP contribution in [-0.4, -0.2) is 62.6 Å². The minimum Gasteiger partial charge on any atom is -0.748 e. The van der Waals surface area contributed by atoms with E-state index in [-0.39, 0.29) is 62.6 Å². The summed E-state index contributed by atoms with van der Waals surface area (Å²) in [6.07, 6.45) is -3.82. The number of hydrogen-bond donors (Lipinski definition) is 0. The molecule has 4 aromatic carbocycles. The molecule has 0 spiro atoms. The van der Waals surface area contributed by atoms with Gasteiger partial charge in [0.05, 0.1) is 48.9 Å². The molecule has 1 saturated heterocycles. The normalized spacial score (nSPS) is 22.8. The molecule has 9 nitrogen and oxygen atoms in total. The van der Waals surface area contributed by atoms with Crippen LogP contribution in [0.2, 0.25) is 0 Å². The molecule has 244 valence electrons. The van der Waals surface area contributed by atoms with Crippen molar-refractivity contribution in [3.63, 3.8) is 0 Å². The summed E-state index contributed by atoms with van der Waals surface area (Å²) in [5.74, 6) is -3.04. The van der Waals surface area contributed by atoms with E-state index in [0.29, 0.717) is 0 Å². The molecule has 0 radical (unpaired) electrons. The van der Waals surface area contributed by atoms with Gasteiger partial charge in [-0.1, -0.05) is 121 Å². The van der Waals surface area contributed by atoms with Gasteiger partial charge in [0.25, 0.3) is 0 Å². The molecule has 0 unspecified atom stereocenters. The average molecular weight is 671 g/mol. The number of hydrogen-bond acceptors (Lipinski definition) is 9. The van der Waals surface area contributed by atoms with Crippen molar-refractivity contribution in [3.8, 4) is 0 Å². The topological polar surface area (TPSA) is 113 Å². The summed E-state index contributed by atoms with van der Waals surface area (Å²) in [5, 5.41) is 0. The van der Waals surface area contributed by atoms with Crippen molar-refractivity contribution in [1.29, 1.82) is 0 Å². The van der Waals surface area contributed by atoms with Gasteiger partial charge in [-0.3, -0.25) is 0 Å². The van der Waals surface area contributed by atoms with Gasteiger partial charge in [0.2, 0.25) is 5.79 Å². The van der Waals surface area contributed by atoms with Gasteiger partial charge < -0.3 is 33.0 Å². The number of rotatable bonds is 16. The van der Waals surface area contributed by atoms with E-state index in [1.54, 1.807) is 0 Å². The van der Waals surface area contributed by atoms with E-state index < -0.39 is 46.1 Å². The first-order chi connectivity index (χ1) is 22.4. The number of ether oxygens (including phenoxy) is 6. The smallest absolute Gasteiger partial charge is 0.748 e. The first kappa shape index (κ1) is 37.4. The van der Waals surface area contributed by atoms with Crippen molar-refractivity contribution >= 4 is 10.1 Å². The maximum absolute atomic E-state index is 12.4. The van der Waals surface area contributed by atoms with Crippen LogP contribution >= 0.6 is 0 Å². The molecular formula is C36H39NaO9S. The first-order valence-electron chi connectivity index (χ1n) is 15.1. The molecule has 0 N–H and O–H groups in total. The van der Waals surface area contributed by atoms with Gasteiger partial charge in [-0.15, -0.1) is 0 Å². The third kappa shape index (κ3) is 11.0. The van der Waals surface area contributed by atoms with Gasteiger partial charge in [0, 0.05) is 7.11 Å². The second-order valence-corrected chi connectivity index (χ2v) is 12.5. The van der Waals surface area contributed by atoms with E-state index >= 15 is 0 Å². The van der Waals surface area contributed by atoms with E-state index in [2.05, 4.69) is 0 Å². The molecule has 5 atom stereocenters. The average Bonchev–Trinajstić information content (AvgIpc) is 3.07. The van der Waals surface area contributed by atoms with Gasteiger partial charge in [-0.2, -0.15) is 0 Å². The van der Waals surface area contributed by atoms with Gasteiger partial charge in [-0.25, -0.2) is 8.42 Å². The summed E-state index contributed by atoms with van der Waals surface area (Å²) < 4.78 is 75.1. The number of methoxy groups -OCH3 is 1. The minimum atomic E-state index is -4.88. The fraction of sp³-hybridized carbons (Fsp3) is 0.333. The number of benzene rings is 4. The van der Waals surface area contributed by atoms with Crippen LogP contribution in [0.15, 0.2) is 121 Å². The van der Waals surface area contributed by atoms with Crippen molar-refractivity contribution in [3.05, 3.63) is 144 Å². The van der Waals surface area contributed by atoms with Crippen LogP contribution in [0.3, 0.4) is 0 Å². The van der Waals surface area contributed by atoms with Crippen molar-refractivity contribution in [2.45, 2.75) is 56.6 Å². The second kappa shape index (κ2) is 18.4. The zero-order valence-corrected chi connectivity index (χ0v) is 29.5. The van der Waals surface area contributed by atoms with Gasteiger partial charge in [0.15, 0.2) is 0 Å². The molecule has 1 fully saturated rings. The quantitative estimate of drug-likeness (QED) is 0.131. The summed E-state index contributed by atoms with van der Waals surface area (Å²) >= 11 is 0. The molecule has 1 heterocycles. The zero-order valence-electron chi connectivity index (χ0n) is 26.7. The Morgan fingerprint density at radius 1 is 0.638 bits per heavy atom. The SMILES string of the molecule is CO[C@@]1(CS(=O)(=O)[O-])O[C@H](COCc2ccccc2)[C@@H](OCc2ccccc2)[C@H](OCc2ccccc2)[C@H]1OCc1ccccc1.[Na+]. The molecule has 0 bridgehead atoms. The standard InChI is InChI=1S/C36H40O9S.Na/c1-40-36(27-46(37,38)39)35(44-25-31-20-12-5-13-21-31)34(43-24-30-18-10-4-11-19-30)33(42-23-29-16-8-3-9-17-29)32(45-36)26-41-22-28-14-6-2-7-15-28;/h2-21,32-35H,22-27H2,1H3,(H,37,38,39);/q;+1/p-1/t32-,33-,34+,35-,36+;/m1./s1. The molecule has 0 aromatic heterocycles. The Hall–Kier alpha value is -2.45. The Morgan fingerprint density at radius 3 is 1.47 bits per heavy atom. The molecule has 0 aliphatic carbocycles. The maximum Gasteiger partial charge on any atom is 1.00 e. The van der Waals surface area contributed by atoms with Gasteiger partial charge >= 0.3 is 29.6 Å². The molecule has 0 amide bonds. The van der Waals surface area contributed by atoms with Gasteiger partial charge in [0.1, 0.15) is 24.4 Å². The van der Waals surface area contributed by atoms with E-state index in [1.807, 2.05) is 121 Å². The third-order valence-corrected chi connectivity index (χ3v) is 8.49. The van der Waals surface area contributed by atoms with Crippen molar-refractivity contribution in [2.75, 3.05) is 19.5 Å². The predicted octanol–water partition coefficient (Wildman–Crippen LogP) is 2.25. The van der Waals surface area contributed by atoms with Crippen molar-refractivity contribution in [1.82, 2.24) is 0 Å². The molecule has 11 heteroatoms. The first-order valence-corrected chi connectivity index (χ1v) is 16.7. The monoisotopic (exact) mass is 670 g/mol. The molecule has 47 heavy (non-hydrogen) atoms. The van der Waals surface area contributed by atoms with E-state index in [1.165, 1.54) is 7.11 Å². The van der Waals surface area contributed by atoms with E-state index in [0.717, 1.165) is 22.3 Å². The van der Waals surface area contributed by atoms with Crippen LogP contribution in [0.25, 0.3) is 0 Å². The Bertz CT molecular complexity index is 1560. The van der Waals surface area contributed by atoms with Crippen LogP contribution in [0, 0.1) is 0 Å². The van der Waals surface area contributed by atoms with E-state index in [9.17, 15) is 13.0 Å².